The van der Waals surface area contributed by atoms with E-state index in [0.29, 0.717) is 6.79 Å². The first kappa shape index (κ1) is 11.0. The van der Waals surface area contributed by atoms with E-state index in [9.17, 15) is 0 Å². The zero-order valence-corrected chi connectivity index (χ0v) is 10.8. The molecule has 15 heavy (non-hydrogen) atoms. The molecule has 2 nitrogen and oxygen atoms in total. The summed E-state index contributed by atoms with van der Waals surface area (Å²) in [6.45, 7) is 0.369. The fraction of sp³-hybridized carbons (Fsp3) is 0.500. The van der Waals surface area contributed by atoms with E-state index in [1.165, 1.54) is 29.3 Å². The molecule has 1 aromatic rings. The fourth-order valence-corrected chi connectivity index (χ4v) is 2.24. The number of fused-ring (bicyclic) bond motifs is 1. The maximum absolute atomic E-state index is 5.34. The Morgan fingerprint density at radius 2 is 1.93 bits per heavy atom. The smallest absolute Gasteiger partial charge is 0.231 e. The maximum Gasteiger partial charge on any atom is 0.231 e. The van der Waals surface area contributed by atoms with Crippen molar-refractivity contribution in [2.45, 2.75) is 25.7 Å². The van der Waals surface area contributed by atoms with Crippen molar-refractivity contribution in [1.82, 2.24) is 0 Å². The highest BCUT2D eigenvalue weighted by Crippen LogP contribution is 2.32. The third-order valence-corrected chi connectivity index (χ3v) is 3.30. The summed E-state index contributed by atoms with van der Waals surface area (Å²) in [6.07, 6.45) is 5.05. The zero-order chi connectivity index (χ0) is 10.5. The van der Waals surface area contributed by atoms with Crippen molar-refractivity contribution in [3.05, 3.63) is 23.8 Å². The molecular weight excluding hydrogens is 303 g/mol. The minimum atomic E-state index is 0.369. The van der Waals surface area contributed by atoms with Crippen LogP contribution in [0.25, 0.3) is 0 Å². The predicted octanol–water partition coefficient (Wildman–Crippen LogP) is 3.56. The third kappa shape index (κ3) is 3.00. The summed E-state index contributed by atoms with van der Waals surface area (Å²) in [7, 11) is 0. The van der Waals surface area contributed by atoms with Crippen LogP contribution in [0.2, 0.25) is 0 Å². The zero-order valence-electron chi connectivity index (χ0n) is 8.67. The SMILES string of the molecule is ICCCCCc1ccc2c(c1)OCO2. The molecule has 0 bridgehead atoms. The lowest BCUT2D eigenvalue weighted by Crippen LogP contribution is -1.93. The molecule has 0 spiro atoms. The summed E-state index contributed by atoms with van der Waals surface area (Å²) in [5.74, 6) is 1.78. The van der Waals surface area contributed by atoms with E-state index in [4.69, 9.17) is 9.47 Å². The number of alkyl halides is 1. The Hall–Kier alpha value is -0.450. The van der Waals surface area contributed by atoms with Crippen molar-refractivity contribution < 1.29 is 9.47 Å². The highest BCUT2D eigenvalue weighted by atomic mass is 127. The summed E-state index contributed by atoms with van der Waals surface area (Å²) in [5.41, 5.74) is 1.35. The number of aryl methyl sites for hydroxylation is 1. The van der Waals surface area contributed by atoms with E-state index < -0.39 is 0 Å². The van der Waals surface area contributed by atoms with Crippen molar-refractivity contribution in [2.24, 2.45) is 0 Å². The van der Waals surface area contributed by atoms with Gasteiger partial charge in [0.05, 0.1) is 0 Å². The Labute approximate surface area is 104 Å². The summed E-state index contributed by atoms with van der Waals surface area (Å²) in [6, 6.07) is 6.25. The van der Waals surface area contributed by atoms with Gasteiger partial charge >= 0.3 is 0 Å². The van der Waals surface area contributed by atoms with E-state index in [0.717, 1.165) is 17.9 Å². The molecule has 0 unspecified atom stereocenters. The normalized spacial score (nSPS) is 13.1. The molecule has 0 saturated heterocycles. The van der Waals surface area contributed by atoms with Crippen LogP contribution in [0.3, 0.4) is 0 Å². The molecule has 0 amide bonds. The number of hydrogen-bond donors (Lipinski definition) is 0. The van der Waals surface area contributed by atoms with Gasteiger partial charge in [-0.3, -0.25) is 0 Å². The Balaban J connectivity index is 1.87. The third-order valence-electron chi connectivity index (χ3n) is 2.54. The Morgan fingerprint density at radius 3 is 2.80 bits per heavy atom. The molecule has 1 aromatic carbocycles. The number of halogens is 1. The van der Waals surface area contributed by atoms with Gasteiger partial charge in [0.15, 0.2) is 11.5 Å². The van der Waals surface area contributed by atoms with Crippen molar-refractivity contribution in [3.8, 4) is 11.5 Å². The van der Waals surface area contributed by atoms with Crippen molar-refractivity contribution >= 4 is 22.6 Å². The van der Waals surface area contributed by atoms with Crippen LogP contribution in [0.4, 0.5) is 0 Å². The molecule has 0 fully saturated rings. The summed E-state index contributed by atoms with van der Waals surface area (Å²) >= 11 is 2.43. The fourth-order valence-electron chi connectivity index (χ4n) is 1.70. The lowest BCUT2D eigenvalue weighted by Gasteiger charge is -2.02. The van der Waals surface area contributed by atoms with Gasteiger partial charge in [-0.2, -0.15) is 0 Å². The molecule has 1 aliphatic rings. The van der Waals surface area contributed by atoms with Gasteiger partial charge in [0.25, 0.3) is 0 Å². The number of unbranched alkanes of at least 4 members (excludes halogenated alkanes) is 2. The Morgan fingerprint density at radius 1 is 1.07 bits per heavy atom. The number of rotatable bonds is 5. The molecule has 1 aliphatic heterocycles. The summed E-state index contributed by atoms with van der Waals surface area (Å²) in [4.78, 5) is 0. The first-order chi connectivity index (χ1) is 7.40. The maximum atomic E-state index is 5.34. The molecule has 82 valence electrons. The van der Waals surface area contributed by atoms with Crippen LogP contribution < -0.4 is 9.47 Å². The summed E-state index contributed by atoms with van der Waals surface area (Å²) < 4.78 is 11.9. The topological polar surface area (TPSA) is 18.5 Å². The van der Waals surface area contributed by atoms with Gasteiger partial charge in [-0.25, -0.2) is 0 Å². The van der Waals surface area contributed by atoms with Crippen molar-refractivity contribution in [3.63, 3.8) is 0 Å². The van der Waals surface area contributed by atoms with E-state index in [2.05, 4.69) is 34.7 Å². The highest BCUT2D eigenvalue weighted by Gasteiger charge is 2.12. The van der Waals surface area contributed by atoms with Crippen LogP contribution in [0.15, 0.2) is 18.2 Å². The van der Waals surface area contributed by atoms with Crippen LogP contribution in [-0.2, 0) is 6.42 Å². The predicted molar refractivity (Wildman–Crippen MR) is 69.0 cm³/mol. The lowest BCUT2D eigenvalue weighted by molar-refractivity contribution is 0.174. The molecule has 1 heterocycles. The molecule has 0 radical (unpaired) electrons. The van der Waals surface area contributed by atoms with E-state index >= 15 is 0 Å². The van der Waals surface area contributed by atoms with Crippen molar-refractivity contribution in [1.29, 1.82) is 0 Å². The highest BCUT2D eigenvalue weighted by molar-refractivity contribution is 14.1. The molecule has 0 atom stereocenters. The van der Waals surface area contributed by atoms with Crippen LogP contribution in [-0.4, -0.2) is 11.2 Å². The number of ether oxygens (including phenoxy) is 2. The number of benzene rings is 1. The minimum Gasteiger partial charge on any atom is -0.454 e. The van der Waals surface area contributed by atoms with E-state index in [1.54, 1.807) is 0 Å². The Bertz CT molecular complexity index is 325. The quantitative estimate of drug-likeness (QED) is 0.469. The molecule has 0 aromatic heterocycles. The van der Waals surface area contributed by atoms with Crippen LogP contribution >= 0.6 is 22.6 Å². The van der Waals surface area contributed by atoms with E-state index in [-0.39, 0.29) is 0 Å². The molecular formula is C12H15IO2. The first-order valence-corrected chi connectivity index (χ1v) is 6.87. The monoisotopic (exact) mass is 318 g/mol. The molecule has 0 N–H and O–H groups in total. The number of hydrogen-bond acceptors (Lipinski definition) is 2. The molecule has 3 heteroatoms. The average Bonchev–Trinajstić information content (AvgIpc) is 2.71. The second-order valence-corrected chi connectivity index (χ2v) is 4.77. The minimum absolute atomic E-state index is 0.369. The Kier molecular flexibility index (Phi) is 4.11. The average molecular weight is 318 g/mol. The second kappa shape index (κ2) is 5.58. The van der Waals surface area contributed by atoms with Gasteiger partial charge in [-0.1, -0.05) is 35.1 Å². The van der Waals surface area contributed by atoms with E-state index in [1.807, 2.05) is 6.07 Å². The van der Waals surface area contributed by atoms with Crippen molar-refractivity contribution in [2.75, 3.05) is 11.2 Å². The van der Waals surface area contributed by atoms with Crippen LogP contribution in [0, 0.1) is 0 Å². The lowest BCUT2D eigenvalue weighted by atomic mass is 10.1. The standard InChI is InChI=1S/C12H15IO2/c13-7-3-1-2-4-10-5-6-11-12(8-10)15-9-14-11/h5-6,8H,1-4,7,9H2. The second-order valence-electron chi connectivity index (χ2n) is 3.69. The van der Waals surface area contributed by atoms with Crippen LogP contribution in [0.1, 0.15) is 24.8 Å². The van der Waals surface area contributed by atoms with Gasteiger partial charge in [0, 0.05) is 0 Å². The van der Waals surface area contributed by atoms with Gasteiger partial charge in [-0.05, 0) is 41.4 Å². The largest absolute Gasteiger partial charge is 0.454 e. The first-order valence-electron chi connectivity index (χ1n) is 5.34. The van der Waals surface area contributed by atoms with Gasteiger partial charge in [-0.15, -0.1) is 0 Å². The van der Waals surface area contributed by atoms with Gasteiger partial charge in [0.2, 0.25) is 6.79 Å². The van der Waals surface area contributed by atoms with Crippen LogP contribution in [0.5, 0.6) is 11.5 Å². The molecule has 2 rings (SSSR count). The van der Waals surface area contributed by atoms with Gasteiger partial charge in [0.1, 0.15) is 0 Å². The summed E-state index contributed by atoms with van der Waals surface area (Å²) in [5, 5.41) is 0. The van der Waals surface area contributed by atoms with Gasteiger partial charge < -0.3 is 9.47 Å². The molecule has 0 aliphatic carbocycles. The molecule has 0 saturated carbocycles.